The van der Waals surface area contributed by atoms with Crippen molar-refractivity contribution in [3.8, 4) is 10.6 Å². The second-order valence-electron chi connectivity index (χ2n) is 4.89. The largest absolute Gasteiger partial charge is 0.356 e. The van der Waals surface area contributed by atoms with Gasteiger partial charge in [0.15, 0.2) is 0 Å². The number of nitrogens with two attached hydrogens (primary N) is 1. The van der Waals surface area contributed by atoms with Crippen LogP contribution < -0.4 is 11.1 Å². The molecule has 0 aliphatic carbocycles. The molecule has 0 aliphatic heterocycles. The molecule has 0 unspecified atom stereocenters. The van der Waals surface area contributed by atoms with Gasteiger partial charge in [-0.15, -0.1) is 11.3 Å². The van der Waals surface area contributed by atoms with Crippen LogP contribution in [0.4, 0.5) is 0 Å². The minimum Gasteiger partial charge on any atom is -0.356 e. The first-order chi connectivity index (χ1) is 10.2. The molecule has 0 aliphatic rings. The first kappa shape index (κ1) is 15.7. The van der Waals surface area contributed by atoms with Crippen LogP contribution in [0.2, 0.25) is 0 Å². The van der Waals surface area contributed by atoms with Gasteiger partial charge in [-0.1, -0.05) is 37.6 Å². The molecule has 0 saturated carbocycles. The molecule has 3 N–H and O–H groups in total. The maximum atomic E-state index is 11.8. The van der Waals surface area contributed by atoms with E-state index >= 15 is 0 Å². The number of carbonyl (C=O) groups excluding carboxylic acids is 1. The summed E-state index contributed by atoms with van der Waals surface area (Å²) in [5.74, 6) is 0.0346. The summed E-state index contributed by atoms with van der Waals surface area (Å²) >= 11 is 1.56. The van der Waals surface area contributed by atoms with Crippen LogP contribution in [0.25, 0.3) is 10.6 Å². The lowest BCUT2D eigenvalue weighted by Crippen LogP contribution is -2.26. The zero-order valence-electron chi connectivity index (χ0n) is 12.3. The van der Waals surface area contributed by atoms with Gasteiger partial charge in [-0.3, -0.25) is 4.79 Å². The molecule has 0 atom stereocenters. The maximum Gasteiger partial charge on any atom is 0.226 e. The summed E-state index contributed by atoms with van der Waals surface area (Å²) in [7, 11) is 0. The van der Waals surface area contributed by atoms with Crippen molar-refractivity contribution in [3.05, 3.63) is 40.9 Å². The van der Waals surface area contributed by atoms with Gasteiger partial charge in [-0.2, -0.15) is 0 Å². The van der Waals surface area contributed by atoms with Gasteiger partial charge in [0.25, 0.3) is 0 Å². The summed E-state index contributed by atoms with van der Waals surface area (Å²) < 4.78 is 0. The molecule has 0 bridgehead atoms. The number of unbranched alkanes of at least 4 members (excludes halogenated alkanes) is 1. The number of nitrogens with zero attached hydrogens (tertiary/aromatic N) is 1. The maximum absolute atomic E-state index is 11.8. The molecule has 0 fully saturated rings. The summed E-state index contributed by atoms with van der Waals surface area (Å²) in [6.45, 7) is 3.33. The normalized spacial score (nSPS) is 10.6. The number of benzene rings is 1. The van der Waals surface area contributed by atoms with Gasteiger partial charge >= 0.3 is 0 Å². The smallest absolute Gasteiger partial charge is 0.226 e. The van der Waals surface area contributed by atoms with E-state index in [2.05, 4.69) is 17.2 Å². The Bertz CT molecular complexity index is 595. The fourth-order valence-corrected chi connectivity index (χ4v) is 2.93. The molecular weight excluding hydrogens is 282 g/mol. The van der Waals surface area contributed by atoms with Crippen molar-refractivity contribution in [2.24, 2.45) is 5.73 Å². The van der Waals surface area contributed by atoms with Gasteiger partial charge in [-0.25, -0.2) is 4.98 Å². The number of thiazole rings is 1. The third kappa shape index (κ3) is 4.37. The fraction of sp³-hybridized carbons (Fsp3) is 0.375. The zero-order chi connectivity index (χ0) is 15.1. The van der Waals surface area contributed by atoms with E-state index in [-0.39, 0.29) is 5.91 Å². The van der Waals surface area contributed by atoms with Gasteiger partial charge in [0.05, 0.1) is 12.1 Å². The van der Waals surface area contributed by atoms with Crippen molar-refractivity contribution in [3.63, 3.8) is 0 Å². The molecule has 0 saturated heterocycles. The summed E-state index contributed by atoms with van der Waals surface area (Å²) in [5, 5.41) is 5.78. The summed E-state index contributed by atoms with van der Waals surface area (Å²) in [4.78, 5) is 16.3. The first-order valence-electron chi connectivity index (χ1n) is 7.24. The summed E-state index contributed by atoms with van der Waals surface area (Å²) in [6, 6.07) is 7.98. The molecule has 2 aromatic rings. The second-order valence-corrected chi connectivity index (χ2v) is 5.74. The third-order valence-electron chi connectivity index (χ3n) is 3.21. The molecular formula is C16H21N3OS. The number of hydrogen-bond acceptors (Lipinski definition) is 4. The Kier molecular flexibility index (Phi) is 5.90. The highest BCUT2D eigenvalue weighted by Gasteiger charge is 2.10. The number of nitrogens with one attached hydrogen (secondary N) is 1. The lowest BCUT2D eigenvalue weighted by molar-refractivity contribution is -0.120. The molecule has 1 amide bonds. The first-order valence-corrected chi connectivity index (χ1v) is 8.12. The van der Waals surface area contributed by atoms with Crippen molar-refractivity contribution in [2.75, 3.05) is 6.54 Å². The van der Waals surface area contributed by atoms with E-state index in [1.54, 1.807) is 11.3 Å². The number of amides is 1. The van der Waals surface area contributed by atoms with Gasteiger partial charge in [0.1, 0.15) is 5.01 Å². The highest BCUT2D eigenvalue weighted by atomic mass is 32.1. The molecule has 1 heterocycles. The van der Waals surface area contributed by atoms with Crippen LogP contribution in [0.3, 0.4) is 0 Å². The predicted octanol–water partition coefficient (Wildman–Crippen LogP) is 2.73. The monoisotopic (exact) mass is 303 g/mol. The lowest BCUT2D eigenvalue weighted by atomic mass is 10.1. The van der Waals surface area contributed by atoms with Crippen LogP contribution in [-0.4, -0.2) is 17.4 Å². The van der Waals surface area contributed by atoms with E-state index in [4.69, 9.17) is 5.73 Å². The van der Waals surface area contributed by atoms with Crippen LogP contribution >= 0.6 is 11.3 Å². The third-order valence-corrected chi connectivity index (χ3v) is 4.14. The van der Waals surface area contributed by atoms with Crippen LogP contribution in [0, 0.1) is 0 Å². The predicted molar refractivity (Wildman–Crippen MR) is 87.1 cm³/mol. The van der Waals surface area contributed by atoms with Gasteiger partial charge in [0.2, 0.25) is 5.91 Å². The van der Waals surface area contributed by atoms with Gasteiger partial charge in [-0.05, 0) is 12.0 Å². The van der Waals surface area contributed by atoms with E-state index in [9.17, 15) is 4.79 Å². The van der Waals surface area contributed by atoms with E-state index in [0.717, 1.165) is 41.2 Å². The number of rotatable bonds is 7. The minimum atomic E-state index is 0.0346. The Morgan fingerprint density at radius 1 is 1.38 bits per heavy atom. The molecule has 112 valence electrons. The van der Waals surface area contributed by atoms with Gasteiger partial charge < -0.3 is 11.1 Å². The van der Waals surface area contributed by atoms with Crippen molar-refractivity contribution in [1.82, 2.24) is 10.3 Å². The van der Waals surface area contributed by atoms with E-state index in [1.165, 1.54) is 0 Å². The fourth-order valence-electron chi connectivity index (χ4n) is 2.05. The van der Waals surface area contributed by atoms with Gasteiger partial charge in [0, 0.05) is 24.0 Å². The minimum absolute atomic E-state index is 0.0346. The number of carbonyl (C=O) groups is 1. The average molecular weight is 303 g/mol. The Hall–Kier alpha value is -1.72. The Labute approximate surface area is 129 Å². The van der Waals surface area contributed by atoms with E-state index in [1.807, 2.05) is 29.6 Å². The molecule has 2 rings (SSSR count). The Morgan fingerprint density at radius 2 is 2.19 bits per heavy atom. The second kappa shape index (κ2) is 7.90. The topological polar surface area (TPSA) is 68.0 Å². The standard InChI is InChI=1S/C16H21N3OS/c1-2-3-8-18-15(20)9-13-11-21-16(19-13)14-7-5-4-6-12(14)10-17/h4-7,11H,2-3,8-10,17H2,1H3,(H,18,20). The lowest BCUT2D eigenvalue weighted by Gasteiger charge is -2.04. The van der Waals surface area contributed by atoms with Crippen molar-refractivity contribution in [2.45, 2.75) is 32.7 Å². The van der Waals surface area contributed by atoms with Crippen molar-refractivity contribution < 1.29 is 4.79 Å². The molecule has 4 nitrogen and oxygen atoms in total. The Morgan fingerprint density at radius 3 is 2.95 bits per heavy atom. The molecule has 21 heavy (non-hydrogen) atoms. The van der Waals surface area contributed by atoms with Crippen molar-refractivity contribution in [1.29, 1.82) is 0 Å². The highest BCUT2D eigenvalue weighted by molar-refractivity contribution is 7.13. The molecule has 1 aromatic carbocycles. The average Bonchev–Trinajstić information content (AvgIpc) is 2.95. The SMILES string of the molecule is CCCCNC(=O)Cc1csc(-c2ccccc2CN)n1. The zero-order valence-corrected chi connectivity index (χ0v) is 13.1. The molecule has 5 heteroatoms. The number of hydrogen-bond donors (Lipinski definition) is 2. The van der Waals surface area contributed by atoms with E-state index < -0.39 is 0 Å². The van der Waals surface area contributed by atoms with Crippen LogP contribution in [0.5, 0.6) is 0 Å². The molecule has 0 radical (unpaired) electrons. The molecule has 1 aromatic heterocycles. The van der Waals surface area contributed by atoms with E-state index in [0.29, 0.717) is 13.0 Å². The number of aromatic nitrogens is 1. The molecule has 0 spiro atoms. The van der Waals surface area contributed by atoms with Crippen molar-refractivity contribution >= 4 is 17.2 Å². The quantitative estimate of drug-likeness (QED) is 0.773. The highest BCUT2D eigenvalue weighted by Crippen LogP contribution is 2.27. The van der Waals surface area contributed by atoms with Crippen LogP contribution in [0.1, 0.15) is 31.0 Å². The Balaban J connectivity index is 2.03. The van der Waals surface area contributed by atoms with Crippen LogP contribution in [0.15, 0.2) is 29.6 Å². The van der Waals surface area contributed by atoms with Crippen LogP contribution in [-0.2, 0) is 17.8 Å². The summed E-state index contributed by atoms with van der Waals surface area (Å²) in [5.41, 5.74) is 8.70. The summed E-state index contributed by atoms with van der Waals surface area (Å²) in [6.07, 6.45) is 2.43.